The lowest BCUT2D eigenvalue weighted by molar-refractivity contribution is -0.137. The van der Waals surface area contributed by atoms with Gasteiger partial charge in [-0.05, 0) is 22.9 Å². The van der Waals surface area contributed by atoms with Crippen LogP contribution in [0.2, 0.25) is 0 Å². The molecule has 0 aliphatic carbocycles. The SMILES string of the molecule is CCC(=O)OC(=O)c1ccc2ccccc2c1. The Labute approximate surface area is 99.0 Å². The summed E-state index contributed by atoms with van der Waals surface area (Å²) in [5, 5.41) is 2.00. The van der Waals surface area contributed by atoms with E-state index in [1.165, 1.54) is 0 Å². The number of esters is 2. The summed E-state index contributed by atoms with van der Waals surface area (Å²) in [6.45, 7) is 1.65. The Morgan fingerprint density at radius 1 is 1.06 bits per heavy atom. The Bertz CT molecular complexity index is 572. The van der Waals surface area contributed by atoms with Crippen LogP contribution in [0, 0.1) is 0 Å². The molecule has 0 aliphatic rings. The van der Waals surface area contributed by atoms with E-state index in [2.05, 4.69) is 4.74 Å². The Morgan fingerprint density at radius 2 is 1.76 bits per heavy atom. The van der Waals surface area contributed by atoms with Crippen LogP contribution >= 0.6 is 0 Å². The number of benzene rings is 2. The number of rotatable bonds is 2. The molecule has 2 rings (SSSR count). The van der Waals surface area contributed by atoms with Gasteiger partial charge in [0.1, 0.15) is 0 Å². The van der Waals surface area contributed by atoms with Crippen molar-refractivity contribution < 1.29 is 14.3 Å². The molecule has 0 atom stereocenters. The van der Waals surface area contributed by atoms with Gasteiger partial charge in [-0.1, -0.05) is 37.3 Å². The van der Waals surface area contributed by atoms with Gasteiger partial charge in [-0.15, -0.1) is 0 Å². The summed E-state index contributed by atoms with van der Waals surface area (Å²) >= 11 is 0. The number of hydrogen-bond donors (Lipinski definition) is 0. The molecule has 86 valence electrons. The molecular formula is C14H12O3. The molecule has 3 nitrogen and oxygen atoms in total. The zero-order valence-electron chi connectivity index (χ0n) is 9.47. The lowest BCUT2D eigenvalue weighted by Crippen LogP contribution is -2.11. The second-order valence-corrected chi connectivity index (χ2v) is 3.68. The van der Waals surface area contributed by atoms with E-state index in [1.807, 2.05) is 30.3 Å². The Kier molecular flexibility index (Phi) is 3.19. The first-order chi connectivity index (χ1) is 8.20. The molecule has 0 aliphatic heterocycles. The first kappa shape index (κ1) is 11.3. The molecular weight excluding hydrogens is 216 g/mol. The quantitative estimate of drug-likeness (QED) is 0.586. The molecule has 0 saturated carbocycles. The van der Waals surface area contributed by atoms with Crippen molar-refractivity contribution in [2.75, 3.05) is 0 Å². The van der Waals surface area contributed by atoms with Crippen LogP contribution in [0.3, 0.4) is 0 Å². The molecule has 0 saturated heterocycles. The van der Waals surface area contributed by atoms with Crippen molar-refractivity contribution in [3.63, 3.8) is 0 Å². The third-order valence-electron chi connectivity index (χ3n) is 2.48. The van der Waals surface area contributed by atoms with Gasteiger partial charge in [0, 0.05) is 6.42 Å². The zero-order chi connectivity index (χ0) is 12.3. The molecule has 3 heteroatoms. The third kappa shape index (κ3) is 2.50. The van der Waals surface area contributed by atoms with Gasteiger partial charge >= 0.3 is 11.9 Å². The second-order valence-electron chi connectivity index (χ2n) is 3.68. The lowest BCUT2D eigenvalue weighted by atomic mass is 10.1. The highest BCUT2D eigenvalue weighted by Crippen LogP contribution is 2.16. The maximum Gasteiger partial charge on any atom is 0.345 e. The largest absolute Gasteiger partial charge is 0.389 e. The number of carbonyl (C=O) groups excluding carboxylic acids is 2. The van der Waals surface area contributed by atoms with Gasteiger partial charge in [-0.25, -0.2) is 4.79 Å². The van der Waals surface area contributed by atoms with Crippen molar-refractivity contribution in [3.05, 3.63) is 48.0 Å². The molecule has 0 bridgehead atoms. The minimum absolute atomic E-state index is 0.194. The van der Waals surface area contributed by atoms with Gasteiger partial charge in [0.25, 0.3) is 0 Å². The number of ether oxygens (including phenoxy) is 1. The molecule has 0 radical (unpaired) electrons. The van der Waals surface area contributed by atoms with Crippen LogP contribution in [-0.2, 0) is 9.53 Å². The van der Waals surface area contributed by atoms with Crippen LogP contribution in [0.25, 0.3) is 10.8 Å². The molecule has 0 unspecified atom stereocenters. The first-order valence-corrected chi connectivity index (χ1v) is 5.44. The number of fused-ring (bicyclic) bond motifs is 1. The van der Waals surface area contributed by atoms with E-state index in [0.29, 0.717) is 5.56 Å². The van der Waals surface area contributed by atoms with Gasteiger partial charge < -0.3 is 4.74 Å². The molecule has 0 N–H and O–H groups in total. The molecule has 0 spiro atoms. The van der Waals surface area contributed by atoms with Crippen molar-refractivity contribution in [2.24, 2.45) is 0 Å². The fourth-order valence-electron chi connectivity index (χ4n) is 1.55. The van der Waals surface area contributed by atoms with Gasteiger partial charge in [0.05, 0.1) is 5.56 Å². The zero-order valence-corrected chi connectivity index (χ0v) is 9.47. The molecule has 2 aromatic rings. The van der Waals surface area contributed by atoms with Crippen LogP contribution < -0.4 is 0 Å². The van der Waals surface area contributed by atoms with Crippen LogP contribution in [0.5, 0.6) is 0 Å². The summed E-state index contributed by atoms with van der Waals surface area (Å²) in [4.78, 5) is 22.6. The van der Waals surface area contributed by atoms with Crippen molar-refractivity contribution in [3.8, 4) is 0 Å². The minimum atomic E-state index is -0.595. The van der Waals surface area contributed by atoms with Gasteiger partial charge in [0.2, 0.25) is 0 Å². The number of carbonyl (C=O) groups is 2. The summed E-state index contributed by atoms with van der Waals surface area (Å²) in [6, 6.07) is 12.9. The monoisotopic (exact) mass is 228 g/mol. The highest BCUT2D eigenvalue weighted by molar-refractivity contribution is 5.99. The van der Waals surface area contributed by atoms with Gasteiger partial charge in [-0.2, -0.15) is 0 Å². The minimum Gasteiger partial charge on any atom is -0.389 e. The fourth-order valence-corrected chi connectivity index (χ4v) is 1.55. The van der Waals surface area contributed by atoms with Crippen molar-refractivity contribution in [1.29, 1.82) is 0 Å². The fraction of sp³-hybridized carbons (Fsp3) is 0.143. The van der Waals surface area contributed by atoms with Crippen molar-refractivity contribution in [2.45, 2.75) is 13.3 Å². The summed E-state index contributed by atoms with van der Waals surface area (Å²) in [7, 11) is 0. The topological polar surface area (TPSA) is 43.4 Å². The smallest absolute Gasteiger partial charge is 0.345 e. The highest BCUT2D eigenvalue weighted by atomic mass is 16.6. The van der Waals surface area contributed by atoms with Crippen LogP contribution in [0.1, 0.15) is 23.7 Å². The van der Waals surface area contributed by atoms with Crippen LogP contribution in [0.4, 0.5) is 0 Å². The third-order valence-corrected chi connectivity index (χ3v) is 2.48. The van der Waals surface area contributed by atoms with E-state index in [0.717, 1.165) is 10.8 Å². The maximum absolute atomic E-state index is 11.6. The Balaban J connectivity index is 2.30. The predicted octanol–water partition coefficient (Wildman–Crippen LogP) is 2.93. The van der Waals surface area contributed by atoms with E-state index in [1.54, 1.807) is 19.1 Å². The lowest BCUT2D eigenvalue weighted by Gasteiger charge is -2.03. The predicted molar refractivity (Wildman–Crippen MR) is 64.7 cm³/mol. The summed E-state index contributed by atoms with van der Waals surface area (Å²) in [6.07, 6.45) is 0.194. The second kappa shape index (κ2) is 4.78. The Hall–Kier alpha value is -2.16. The normalized spacial score (nSPS) is 10.2. The average molecular weight is 228 g/mol. The van der Waals surface area contributed by atoms with E-state index >= 15 is 0 Å². The molecule has 0 heterocycles. The summed E-state index contributed by atoms with van der Waals surface area (Å²) in [5.74, 6) is -1.11. The average Bonchev–Trinajstić information content (AvgIpc) is 2.38. The highest BCUT2D eigenvalue weighted by Gasteiger charge is 2.11. The Morgan fingerprint density at radius 3 is 2.47 bits per heavy atom. The summed E-state index contributed by atoms with van der Waals surface area (Å²) in [5.41, 5.74) is 0.394. The van der Waals surface area contributed by atoms with E-state index in [4.69, 9.17) is 0 Å². The van der Waals surface area contributed by atoms with E-state index in [9.17, 15) is 9.59 Å². The first-order valence-electron chi connectivity index (χ1n) is 5.44. The molecule has 2 aromatic carbocycles. The molecule has 0 fully saturated rings. The standard InChI is InChI=1S/C14H12O3/c1-2-13(15)17-14(16)12-8-7-10-5-3-4-6-11(10)9-12/h3-9H,2H2,1H3. The van der Waals surface area contributed by atoms with Crippen molar-refractivity contribution >= 4 is 22.7 Å². The van der Waals surface area contributed by atoms with Crippen molar-refractivity contribution in [1.82, 2.24) is 0 Å². The molecule has 17 heavy (non-hydrogen) atoms. The molecule has 0 aromatic heterocycles. The van der Waals surface area contributed by atoms with Crippen LogP contribution in [0.15, 0.2) is 42.5 Å². The van der Waals surface area contributed by atoms with E-state index < -0.39 is 11.9 Å². The molecule has 0 amide bonds. The number of hydrogen-bond acceptors (Lipinski definition) is 3. The van der Waals surface area contributed by atoms with Gasteiger partial charge in [0.15, 0.2) is 0 Å². The van der Waals surface area contributed by atoms with Gasteiger partial charge in [-0.3, -0.25) is 4.79 Å². The maximum atomic E-state index is 11.6. The summed E-state index contributed by atoms with van der Waals surface area (Å²) < 4.78 is 4.66. The van der Waals surface area contributed by atoms with Crippen LogP contribution in [-0.4, -0.2) is 11.9 Å². The van der Waals surface area contributed by atoms with E-state index in [-0.39, 0.29) is 6.42 Å².